The van der Waals surface area contributed by atoms with E-state index in [1.165, 1.54) is 5.57 Å². The molecule has 0 aromatic heterocycles. The smallest absolute Gasteiger partial charge is 0.335 e. The van der Waals surface area contributed by atoms with Crippen molar-refractivity contribution < 1.29 is 14.3 Å². The van der Waals surface area contributed by atoms with Crippen LogP contribution in [0.3, 0.4) is 0 Å². The number of allylic oxidation sites excluding steroid dienone is 1. The molecule has 1 heterocycles. The Morgan fingerprint density at radius 3 is 2.89 bits per heavy atom. The molecule has 2 rings (SSSR count). The van der Waals surface area contributed by atoms with E-state index in [0.717, 1.165) is 18.4 Å². The van der Waals surface area contributed by atoms with Gasteiger partial charge in [-0.2, -0.15) is 0 Å². The first kappa shape index (κ1) is 13.8. The molecule has 0 fully saturated rings. The van der Waals surface area contributed by atoms with Gasteiger partial charge in [0.15, 0.2) is 6.10 Å². The summed E-state index contributed by atoms with van der Waals surface area (Å²) >= 11 is 0. The molecule has 102 valence electrons. The van der Waals surface area contributed by atoms with Crippen molar-refractivity contribution in [2.45, 2.75) is 32.3 Å². The van der Waals surface area contributed by atoms with Crippen molar-refractivity contribution in [3.05, 3.63) is 42.0 Å². The Hall–Kier alpha value is -1.61. The van der Waals surface area contributed by atoms with Gasteiger partial charge in [-0.1, -0.05) is 36.4 Å². The second-order valence-electron chi connectivity index (χ2n) is 4.55. The van der Waals surface area contributed by atoms with Crippen LogP contribution in [0.1, 0.15) is 31.7 Å². The van der Waals surface area contributed by atoms with Gasteiger partial charge in [-0.05, 0) is 30.9 Å². The standard InChI is InChI=1S/C16H20O3/c1-2-18-16(17)15-12-14(10-6-7-11-19-15)13-8-4-3-5-9-13/h3-5,8-10,15H,2,6-7,11-12H2,1H3/b14-10+. The molecule has 1 aliphatic heterocycles. The largest absolute Gasteiger partial charge is 0.464 e. The summed E-state index contributed by atoms with van der Waals surface area (Å²) in [7, 11) is 0. The van der Waals surface area contributed by atoms with Crippen molar-refractivity contribution >= 4 is 11.5 Å². The zero-order chi connectivity index (χ0) is 13.5. The van der Waals surface area contributed by atoms with E-state index >= 15 is 0 Å². The Balaban J connectivity index is 2.15. The molecule has 1 aliphatic rings. The maximum absolute atomic E-state index is 11.9. The molecule has 0 bridgehead atoms. The van der Waals surface area contributed by atoms with E-state index in [0.29, 0.717) is 19.6 Å². The molecular formula is C16H20O3. The average molecular weight is 260 g/mol. The van der Waals surface area contributed by atoms with Crippen molar-refractivity contribution in [1.29, 1.82) is 0 Å². The van der Waals surface area contributed by atoms with Gasteiger partial charge >= 0.3 is 5.97 Å². The lowest BCUT2D eigenvalue weighted by Gasteiger charge is -2.20. The minimum Gasteiger partial charge on any atom is -0.464 e. The number of benzene rings is 1. The van der Waals surface area contributed by atoms with Gasteiger partial charge in [-0.25, -0.2) is 4.79 Å². The quantitative estimate of drug-likeness (QED) is 0.783. The SMILES string of the molecule is CCOC(=O)C1C/C(c2ccccc2)=C\CCCO1. The van der Waals surface area contributed by atoms with Crippen LogP contribution in [0.5, 0.6) is 0 Å². The summed E-state index contributed by atoms with van der Waals surface area (Å²) in [5.41, 5.74) is 2.32. The number of rotatable bonds is 3. The van der Waals surface area contributed by atoms with Crippen molar-refractivity contribution in [1.82, 2.24) is 0 Å². The van der Waals surface area contributed by atoms with Crippen LogP contribution < -0.4 is 0 Å². The Morgan fingerprint density at radius 2 is 2.16 bits per heavy atom. The summed E-state index contributed by atoms with van der Waals surface area (Å²) in [6.07, 6.45) is 4.24. The van der Waals surface area contributed by atoms with Gasteiger partial charge in [-0.15, -0.1) is 0 Å². The van der Waals surface area contributed by atoms with Gasteiger partial charge < -0.3 is 9.47 Å². The highest BCUT2D eigenvalue weighted by atomic mass is 16.6. The molecule has 1 aromatic carbocycles. The zero-order valence-corrected chi connectivity index (χ0v) is 11.3. The molecule has 0 aliphatic carbocycles. The van der Waals surface area contributed by atoms with Crippen LogP contribution in [0.15, 0.2) is 36.4 Å². The number of carbonyl (C=O) groups excluding carboxylic acids is 1. The van der Waals surface area contributed by atoms with Gasteiger partial charge in [0.05, 0.1) is 6.61 Å². The monoisotopic (exact) mass is 260 g/mol. The van der Waals surface area contributed by atoms with Crippen LogP contribution in [0.4, 0.5) is 0 Å². The Morgan fingerprint density at radius 1 is 1.37 bits per heavy atom. The van der Waals surface area contributed by atoms with E-state index in [1.54, 1.807) is 0 Å². The van der Waals surface area contributed by atoms with Crippen LogP contribution in [0, 0.1) is 0 Å². The first-order chi connectivity index (χ1) is 9.31. The van der Waals surface area contributed by atoms with Crippen LogP contribution in [-0.4, -0.2) is 25.3 Å². The van der Waals surface area contributed by atoms with Gasteiger partial charge in [0.2, 0.25) is 0 Å². The summed E-state index contributed by atoms with van der Waals surface area (Å²) < 4.78 is 10.7. The van der Waals surface area contributed by atoms with E-state index in [1.807, 2.05) is 25.1 Å². The second kappa shape index (κ2) is 7.10. The van der Waals surface area contributed by atoms with E-state index in [9.17, 15) is 4.79 Å². The van der Waals surface area contributed by atoms with E-state index in [-0.39, 0.29) is 5.97 Å². The number of hydrogen-bond acceptors (Lipinski definition) is 3. The molecule has 0 N–H and O–H groups in total. The van der Waals surface area contributed by atoms with Crippen LogP contribution in [-0.2, 0) is 14.3 Å². The predicted octanol–water partition coefficient (Wildman–Crippen LogP) is 3.20. The molecule has 1 atom stereocenters. The predicted molar refractivity (Wildman–Crippen MR) is 74.6 cm³/mol. The third-order valence-corrected chi connectivity index (χ3v) is 3.16. The van der Waals surface area contributed by atoms with Crippen LogP contribution in [0.2, 0.25) is 0 Å². The van der Waals surface area contributed by atoms with E-state index in [2.05, 4.69) is 18.2 Å². The van der Waals surface area contributed by atoms with Crippen LogP contribution >= 0.6 is 0 Å². The lowest BCUT2D eigenvalue weighted by Crippen LogP contribution is -2.28. The number of esters is 1. The molecule has 0 saturated heterocycles. The van der Waals surface area contributed by atoms with Crippen molar-refractivity contribution in [2.75, 3.05) is 13.2 Å². The van der Waals surface area contributed by atoms with Crippen molar-refractivity contribution in [2.24, 2.45) is 0 Å². The van der Waals surface area contributed by atoms with E-state index in [4.69, 9.17) is 9.47 Å². The zero-order valence-electron chi connectivity index (χ0n) is 11.3. The molecule has 1 unspecified atom stereocenters. The molecule has 0 radical (unpaired) electrons. The highest BCUT2D eigenvalue weighted by Gasteiger charge is 2.23. The summed E-state index contributed by atoms with van der Waals surface area (Å²) in [6.45, 7) is 2.82. The van der Waals surface area contributed by atoms with Gasteiger partial charge in [0, 0.05) is 13.0 Å². The molecule has 3 heteroatoms. The minimum absolute atomic E-state index is 0.258. The Bertz CT molecular complexity index is 437. The highest BCUT2D eigenvalue weighted by Crippen LogP contribution is 2.24. The Kier molecular flexibility index (Phi) is 5.16. The fourth-order valence-electron chi connectivity index (χ4n) is 2.20. The first-order valence-corrected chi connectivity index (χ1v) is 6.84. The van der Waals surface area contributed by atoms with Crippen molar-refractivity contribution in [3.63, 3.8) is 0 Å². The minimum atomic E-state index is -0.480. The number of hydrogen-bond donors (Lipinski definition) is 0. The van der Waals surface area contributed by atoms with Gasteiger partial charge in [0.25, 0.3) is 0 Å². The Labute approximate surface area is 114 Å². The topological polar surface area (TPSA) is 35.5 Å². The third-order valence-electron chi connectivity index (χ3n) is 3.16. The second-order valence-corrected chi connectivity index (χ2v) is 4.55. The lowest BCUT2D eigenvalue weighted by atomic mass is 9.97. The molecular weight excluding hydrogens is 240 g/mol. The normalized spacial score (nSPS) is 22.8. The summed E-state index contributed by atoms with van der Waals surface area (Å²) in [4.78, 5) is 11.9. The lowest BCUT2D eigenvalue weighted by molar-refractivity contribution is -0.156. The third kappa shape index (κ3) is 3.93. The fourth-order valence-corrected chi connectivity index (χ4v) is 2.20. The number of ether oxygens (including phenoxy) is 2. The summed E-state index contributed by atoms with van der Waals surface area (Å²) in [5.74, 6) is -0.258. The van der Waals surface area contributed by atoms with Crippen molar-refractivity contribution in [3.8, 4) is 0 Å². The molecule has 0 amide bonds. The summed E-state index contributed by atoms with van der Waals surface area (Å²) in [5, 5.41) is 0. The van der Waals surface area contributed by atoms with Gasteiger partial charge in [-0.3, -0.25) is 0 Å². The van der Waals surface area contributed by atoms with E-state index < -0.39 is 6.10 Å². The summed E-state index contributed by atoms with van der Waals surface area (Å²) in [6, 6.07) is 10.1. The molecule has 0 saturated carbocycles. The fraction of sp³-hybridized carbons (Fsp3) is 0.438. The molecule has 1 aromatic rings. The average Bonchev–Trinajstić information content (AvgIpc) is 2.40. The maximum Gasteiger partial charge on any atom is 0.335 e. The maximum atomic E-state index is 11.9. The van der Waals surface area contributed by atoms with Crippen LogP contribution in [0.25, 0.3) is 5.57 Å². The van der Waals surface area contributed by atoms with Gasteiger partial charge in [0.1, 0.15) is 0 Å². The molecule has 0 spiro atoms. The number of carbonyl (C=O) groups is 1. The first-order valence-electron chi connectivity index (χ1n) is 6.84. The molecule has 3 nitrogen and oxygen atoms in total. The molecule has 19 heavy (non-hydrogen) atoms. The highest BCUT2D eigenvalue weighted by molar-refractivity contribution is 5.79.